The van der Waals surface area contributed by atoms with Crippen molar-refractivity contribution in [1.29, 1.82) is 0 Å². The number of nitrogens with one attached hydrogen (secondary N) is 1. The molecule has 0 spiro atoms. The highest BCUT2D eigenvalue weighted by molar-refractivity contribution is 6.31. The van der Waals surface area contributed by atoms with E-state index in [-0.39, 0.29) is 12.5 Å². The Morgan fingerprint density at radius 1 is 1.53 bits per heavy atom. The Morgan fingerprint density at radius 2 is 2.26 bits per heavy atom. The molecule has 1 aromatic carbocycles. The van der Waals surface area contributed by atoms with Crippen molar-refractivity contribution in [3.05, 3.63) is 28.8 Å². The van der Waals surface area contributed by atoms with E-state index < -0.39 is 0 Å². The topological polar surface area (TPSA) is 41.6 Å². The molecule has 5 heteroatoms. The molecule has 2 rings (SSSR count). The van der Waals surface area contributed by atoms with Crippen LogP contribution in [0.4, 0.5) is 0 Å². The van der Waals surface area contributed by atoms with Gasteiger partial charge in [-0.2, -0.15) is 0 Å². The standard InChI is InChI=1S/C14H19ClN2O2/c1-16-8-11-12(15)4-3-5-13(11)19-9-14(18)17(2)10-6-7-10/h3-5,10,16H,6-9H2,1-2H3. The molecular weight excluding hydrogens is 264 g/mol. The molecular formula is C14H19ClN2O2. The van der Waals surface area contributed by atoms with Crippen LogP contribution in [-0.4, -0.2) is 37.6 Å². The Balaban J connectivity index is 1.98. The van der Waals surface area contributed by atoms with Crippen LogP contribution in [0.15, 0.2) is 18.2 Å². The molecule has 104 valence electrons. The fourth-order valence-corrected chi connectivity index (χ4v) is 2.16. The first-order valence-corrected chi connectivity index (χ1v) is 6.81. The summed E-state index contributed by atoms with van der Waals surface area (Å²) in [5.41, 5.74) is 0.883. The van der Waals surface area contributed by atoms with Crippen LogP contribution in [0.3, 0.4) is 0 Å². The number of rotatable bonds is 6. The van der Waals surface area contributed by atoms with Gasteiger partial charge >= 0.3 is 0 Å². The van der Waals surface area contributed by atoms with E-state index in [1.165, 1.54) is 0 Å². The third-order valence-corrected chi connectivity index (χ3v) is 3.62. The Bertz CT molecular complexity index is 461. The second-order valence-corrected chi connectivity index (χ2v) is 5.18. The van der Waals surface area contributed by atoms with Crippen LogP contribution in [-0.2, 0) is 11.3 Å². The Labute approximate surface area is 118 Å². The second-order valence-electron chi connectivity index (χ2n) is 4.77. The van der Waals surface area contributed by atoms with E-state index in [1.807, 2.05) is 32.3 Å². The fourth-order valence-electron chi connectivity index (χ4n) is 1.93. The molecule has 1 fully saturated rings. The van der Waals surface area contributed by atoms with Gasteiger partial charge < -0.3 is 15.0 Å². The first-order chi connectivity index (χ1) is 9.13. The first kappa shape index (κ1) is 14.2. The maximum absolute atomic E-state index is 11.9. The molecule has 0 atom stereocenters. The summed E-state index contributed by atoms with van der Waals surface area (Å²) < 4.78 is 5.62. The van der Waals surface area contributed by atoms with Gasteiger partial charge in [0.25, 0.3) is 5.91 Å². The van der Waals surface area contributed by atoms with Gasteiger partial charge in [-0.05, 0) is 32.0 Å². The lowest BCUT2D eigenvalue weighted by molar-refractivity contribution is -0.132. The lowest BCUT2D eigenvalue weighted by Gasteiger charge is -2.18. The summed E-state index contributed by atoms with van der Waals surface area (Å²) >= 11 is 6.13. The fraction of sp³-hybridized carbons (Fsp3) is 0.500. The third kappa shape index (κ3) is 3.61. The molecule has 0 unspecified atom stereocenters. The number of likely N-dealkylation sites (N-methyl/N-ethyl adjacent to an activating group) is 1. The van der Waals surface area contributed by atoms with Gasteiger partial charge in [-0.15, -0.1) is 0 Å². The van der Waals surface area contributed by atoms with Gasteiger partial charge in [0.15, 0.2) is 6.61 Å². The maximum atomic E-state index is 11.9. The number of nitrogens with zero attached hydrogens (tertiary/aromatic N) is 1. The number of halogens is 1. The van der Waals surface area contributed by atoms with Gasteiger partial charge in [0.2, 0.25) is 0 Å². The highest BCUT2D eigenvalue weighted by Crippen LogP contribution is 2.27. The zero-order chi connectivity index (χ0) is 13.8. The van der Waals surface area contributed by atoms with Crippen LogP contribution in [0, 0.1) is 0 Å². The highest BCUT2D eigenvalue weighted by Gasteiger charge is 2.29. The van der Waals surface area contributed by atoms with Crippen molar-refractivity contribution in [2.24, 2.45) is 0 Å². The molecule has 0 saturated heterocycles. The highest BCUT2D eigenvalue weighted by atomic mass is 35.5. The van der Waals surface area contributed by atoms with Gasteiger partial charge in [0, 0.05) is 30.2 Å². The van der Waals surface area contributed by atoms with E-state index in [2.05, 4.69) is 5.32 Å². The molecule has 1 N–H and O–H groups in total. The SMILES string of the molecule is CNCc1c(Cl)cccc1OCC(=O)N(C)C1CC1. The largest absolute Gasteiger partial charge is 0.483 e. The molecule has 1 aromatic rings. The quantitative estimate of drug-likeness (QED) is 0.868. The van der Waals surface area contributed by atoms with Crippen LogP contribution in [0.1, 0.15) is 18.4 Å². The van der Waals surface area contributed by atoms with Gasteiger partial charge in [-0.1, -0.05) is 17.7 Å². The Hall–Kier alpha value is -1.26. The van der Waals surface area contributed by atoms with Crippen molar-refractivity contribution >= 4 is 17.5 Å². The monoisotopic (exact) mass is 282 g/mol. The molecule has 19 heavy (non-hydrogen) atoms. The summed E-state index contributed by atoms with van der Waals surface area (Å²) in [5.74, 6) is 0.678. The van der Waals surface area contributed by atoms with Crippen molar-refractivity contribution in [1.82, 2.24) is 10.2 Å². The minimum absolute atomic E-state index is 0.0119. The van der Waals surface area contributed by atoms with Crippen molar-refractivity contribution in [2.45, 2.75) is 25.4 Å². The van der Waals surface area contributed by atoms with E-state index in [1.54, 1.807) is 4.90 Å². The van der Waals surface area contributed by atoms with Gasteiger partial charge in [-0.25, -0.2) is 0 Å². The molecule has 0 radical (unpaired) electrons. The summed E-state index contributed by atoms with van der Waals surface area (Å²) in [4.78, 5) is 13.7. The smallest absolute Gasteiger partial charge is 0.260 e. The zero-order valence-corrected chi connectivity index (χ0v) is 12.0. The number of ether oxygens (including phenoxy) is 1. The summed E-state index contributed by atoms with van der Waals surface area (Å²) in [6.45, 7) is 0.672. The summed E-state index contributed by atoms with van der Waals surface area (Å²) in [5, 5.41) is 3.69. The van der Waals surface area contributed by atoms with E-state index in [0.29, 0.717) is 23.4 Å². The summed E-state index contributed by atoms with van der Waals surface area (Å²) in [6.07, 6.45) is 2.20. The number of carbonyl (C=O) groups is 1. The normalized spacial score (nSPS) is 14.3. The number of amides is 1. The number of hydrogen-bond acceptors (Lipinski definition) is 3. The third-order valence-electron chi connectivity index (χ3n) is 3.27. The molecule has 1 amide bonds. The van der Waals surface area contributed by atoms with Crippen molar-refractivity contribution in [3.63, 3.8) is 0 Å². The molecule has 0 heterocycles. The summed E-state index contributed by atoms with van der Waals surface area (Å²) in [7, 11) is 3.68. The van der Waals surface area contributed by atoms with Gasteiger partial charge in [0.1, 0.15) is 5.75 Å². The average Bonchev–Trinajstić information content (AvgIpc) is 3.22. The number of hydrogen-bond donors (Lipinski definition) is 1. The number of carbonyl (C=O) groups excluding carboxylic acids is 1. The van der Waals surface area contributed by atoms with Crippen molar-refractivity contribution in [2.75, 3.05) is 20.7 Å². The van der Waals surface area contributed by atoms with Crippen LogP contribution < -0.4 is 10.1 Å². The lowest BCUT2D eigenvalue weighted by Crippen LogP contribution is -2.33. The predicted molar refractivity (Wildman–Crippen MR) is 75.5 cm³/mol. The van der Waals surface area contributed by atoms with Crippen molar-refractivity contribution < 1.29 is 9.53 Å². The zero-order valence-electron chi connectivity index (χ0n) is 11.3. The molecule has 0 bridgehead atoms. The second kappa shape index (κ2) is 6.26. The van der Waals surface area contributed by atoms with Crippen LogP contribution in [0.25, 0.3) is 0 Å². The maximum Gasteiger partial charge on any atom is 0.260 e. The van der Waals surface area contributed by atoms with Crippen LogP contribution in [0.5, 0.6) is 5.75 Å². The average molecular weight is 283 g/mol. The first-order valence-electron chi connectivity index (χ1n) is 6.44. The lowest BCUT2D eigenvalue weighted by atomic mass is 10.2. The molecule has 0 aliphatic heterocycles. The van der Waals surface area contributed by atoms with Crippen molar-refractivity contribution in [3.8, 4) is 5.75 Å². The molecule has 1 aliphatic rings. The molecule has 0 aromatic heterocycles. The van der Waals surface area contributed by atoms with Crippen LogP contribution in [0.2, 0.25) is 5.02 Å². The molecule has 1 saturated carbocycles. The summed E-state index contributed by atoms with van der Waals surface area (Å²) in [6, 6.07) is 5.89. The Morgan fingerprint density at radius 3 is 2.89 bits per heavy atom. The van der Waals surface area contributed by atoms with E-state index in [9.17, 15) is 4.79 Å². The van der Waals surface area contributed by atoms with Crippen LogP contribution >= 0.6 is 11.6 Å². The van der Waals surface area contributed by atoms with Gasteiger partial charge in [0.05, 0.1) is 0 Å². The Kier molecular flexibility index (Phi) is 4.66. The minimum Gasteiger partial charge on any atom is -0.483 e. The minimum atomic E-state index is 0.0119. The van der Waals surface area contributed by atoms with E-state index in [0.717, 1.165) is 18.4 Å². The molecule has 4 nitrogen and oxygen atoms in total. The van der Waals surface area contributed by atoms with E-state index >= 15 is 0 Å². The van der Waals surface area contributed by atoms with Gasteiger partial charge in [-0.3, -0.25) is 4.79 Å². The predicted octanol–water partition coefficient (Wildman–Crippen LogP) is 2.06. The molecule has 1 aliphatic carbocycles. The van der Waals surface area contributed by atoms with E-state index in [4.69, 9.17) is 16.3 Å². The number of benzene rings is 1.